The molecule has 0 rings (SSSR count). The maximum atomic E-state index is 12.9. The Morgan fingerprint density at radius 1 is 0.387 bits per heavy atom. The topological polar surface area (TPSA) is 108 Å². The molecule has 0 fully saturated rings. The van der Waals surface area contributed by atoms with Crippen LogP contribution >= 0.6 is 0 Å². The second-order valence-electron chi connectivity index (χ2n) is 23.8. The molecule has 0 aliphatic carbocycles. The van der Waals surface area contributed by atoms with Crippen molar-refractivity contribution < 1.29 is 42.9 Å². The van der Waals surface area contributed by atoms with Crippen LogP contribution in [0.5, 0.6) is 0 Å². The zero-order valence-electron chi connectivity index (χ0n) is 50.7. The molecule has 0 radical (unpaired) electrons. The summed E-state index contributed by atoms with van der Waals surface area (Å²) in [6, 6.07) is 0. The van der Waals surface area contributed by atoms with E-state index in [2.05, 4.69) is 26.0 Å². The smallest absolute Gasteiger partial charge is 0.361 e. The molecule has 0 bridgehead atoms. The van der Waals surface area contributed by atoms with Gasteiger partial charge in [-0.25, -0.2) is 4.79 Å². The fraction of sp³-hybridized carbons (Fsp3) is 0.924. The first-order chi connectivity index (χ1) is 36.6. The van der Waals surface area contributed by atoms with E-state index < -0.39 is 18.4 Å². The molecule has 1 N–H and O–H groups in total. The summed E-state index contributed by atoms with van der Waals surface area (Å²) in [7, 11) is 5.99. The number of carboxylic acid groups (broad SMARTS) is 1. The van der Waals surface area contributed by atoms with Crippen LogP contribution in [0.3, 0.4) is 0 Å². The number of esters is 2. The van der Waals surface area contributed by atoms with Gasteiger partial charge in [0.05, 0.1) is 34.4 Å². The summed E-state index contributed by atoms with van der Waals surface area (Å²) in [6.07, 6.45) is 66.0. The van der Waals surface area contributed by atoms with Crippen molar-refractivity contribution in [2.75, 3.05) is 47.5 Å². The lowest BCUT2D eigenvalue weighted by Crippen LogP contribution is -2.40. The van der Waals surface area contributed by atoms with Crippen molar-refractivity contribution in [1.82, 2.24) is 0 Å². The van der Waals surface area contributed by atoms with Crippen molar-refractivity contribution in [2.45, 2.75) is 347 Å². The minimum Gasteiger partial charge on any atom is -0.477 e. The van der Waals surface area contributed by atoms with Gasteiger partial charge in [-0.3, -0.25) is 9.59 Å². The second-order valence-corrected chi connectivity index (χ2v) is 23.8. The molecule has 0 aromatic carbocycles. The number of unbranched alkanes of at least 4 members (excludes halogenated alkanes) is 45. The van der Waals surface area contributed by atoms with Gasteiger partial charge in [-0.2, -0.15) is 0 Å². The molecule has 2 unspecified atom stereocenters. The molecule has 0 spiro atoms. The van der Waals surface area contributed by atoms with Gasteiger partial charge in [0, 0.05) is 12.8 Å². The molecule has 75 heavy (non-hydrogen) atoms. The minimum atomic E-state index is -1.50. The SMILES string of the molecule is CCCCCCCCCC/C=C\CCCCCCCCCCCCCCCCCCCCCC(=O)OC(COC(=O)CCCCCCCCCCCCCCCCCCCCC)COC(OCC[N+](C)(C)C)C(=O)O. The number of rotatable bonds is 62. The van der Waals surface area contributed by atoms with Crippen molar-refractivity contribution in [2.24, 2.45) is 0 Å². The van der Waals surface area contributed by atoms with Crippen LogP contribution in [-0.4, -0.2) is 87.4 Å². The zero-order valence-corrected chi connectivity index (χ0v) is 50.7. The van der Waals surface area contributed by atoms with E-state index in [1.54, 1.807) is 0 Å². The number of carbonyl (C=O) groups excluding carboxylic acids is 2. The molecule has 444 valence electrons. The van der Waals surface area contributed by atoms with E-state index in [4.69, 9.17) is 18.9 Å². The maximum absolute atomic E-state index is 12.9. The van der Waals surface area contributed by atoms with Crippen molar-refractivity contribution >= 4 is 17.9 Å². The van der Waals surface area contributed by atoms with Crippen molar-refractivity contribution in [3.05, 3.63) is 12.2 Å². The highest BCUT2D eigenvalue weighted by Crippen LogP contribution is 2.18. The zero-order chi connectivity index (χ0) is 54.8. The number of nitrogens with zero attached hydrogens (tertiary/aromatic N) is 1. The van der Waals surface area contributed by atoms with Gasteiger partial charge in [0.1, 0.15) is 13.2 Å². The first kappa shape index (κ1) is 73.0. The summed E-state index contributed by atoms with van der Waals surface area (Å²) in [6.45, 7) is 4.95. The molecule has 0 aromatic rings. The molecule has 9 heteroatoms. The van der Waals surface area contributed by atoms with Gasteiger partial charge in [-0.1, -0.05) is 296 Å². The van der Waals surface area contributed by atoms with Crippen LogP contribution in [-0.2, 0) is 33.3 Å². The largest absolute Gasteiger partial charge is 0.477 e. The Kier molecular flexibility index (Phi) is 56.7. The molecule has 0 aromatic heterocycles. The summed E-state index contributed by atoms with van der Waals surface area (Å²) < 4.78 is 23.0. The van der Waals surface area contributed by atoms with E-state index in [-0.39, 0.29) is 38.2 Å². The average Bonchev–Trinajstić information content (AvgIpc) is 3.38. The first-order valence-corrected chi connectivity index (χ1v) is 32.9. The van der Waals surface area contributed by atoms with Gasteiger partial charge in [0.25, 0.3) is 6.29 Å². The highest BCUT2D eigenvalue weighted by molar-refractivity contribution is 5.71. The Morgan fingerprint density at radius 3 is 0.987 bits per heavy atom. The lowest BCUT2D eigenvalue weighted by molar-refractivity contribution is -0.870. The Balaban J connectivity index is 4.07. The van der Waals surface area contributed by atoms with Gasteiger partial charge in [-0.15, -0.1) is 0 Å². The Hall–Kier alpha value is -1.97. The summed E-state index contributed by atoms with van der Waals surface area (Å²) >= 11 is 0. The molecule has 9 nitrogen and oxygen atoms in total. The molecular formula is C66H128NO8+. The molecule has 2 atom stereocenters. The molecule has 0 aliphatic heterocycles. The minimum absolute atomic E-state index is 0.173. The van der Waals surface area contributed by atoms with E-state index in [1.807, 2.05) is 21.1 Å². The van der Waals surface area contributed by atoms with Crippen LogP contribution < -0.4 is 0 Å². The van der Waals surface area contributed by atoms with E-state index in [9.17, 15) is 19.5 Å². The van der Waals surface area contributed by atoms with Gasteiger partial charge in [0.15, 0.2) is 6.10 Å². The number of likely N-dealkylation sites (N-methyl/N-ethyl adjacent to an activating group) is 1. The summed E-state index contributed by atoms with van der Waals surface area (Å²) in [5.41, 5.74) is 0. The molecule has 0 heterocycles. The monoisotopic (exact) mass is 1060 g/mol. The van der Waals surface area contributed by atoms with Crippen molar-refractivity contribution in [3.63, 3.8) is 0 Å². The fourth-order valence-corrected chi connectivity index (χ4v) is 9.95. The predicted molar refractivity (Wildman–Crippen MR) is 318 cm³/mol. The average molecular weight is 1060 g/mol. The lowest BCUT2D eigenvalue weighted by Gasteiger charge is -2.25. The van der Waals surface area contributed by atoms with Crippen LogP contribution in [0.1, 0.15) is 335 Å². The highest BCUT2D eigenvalue weighted by atomic mass is 16.7. The number of hydrogen-bond acceptors (Lipinski definition) is 7. The Labute approximate surface area is 465 Å². The van der Waals surface area contributed by atoms with Crippen LogP contribution in [0, 0.1) is 0 Å². The molecule has 0 aliphatic rings. The van der Waals surface area contributed by atoms with Gasteiger partial charge in [0.2, 0.25) is 0 Å². The standard InChI is InChI=1S/C66H127NO8/c1-6-8-10-12-14-16-18-20-22-24-26-27-28-29-30-31-32-33-34-35-36-37-39-41-43-45-47-49-51-53-55-57-64(69)75-62(61-74-66(65(70)71)72-59-58-67(3,4)5)60-73-63(68)56-54-52-50-48-46-44-42-40-38-25-23-21-19-17-15-13-11-9-7-2/h24,26,62,66H,6-23,25,27-61H2,1-5H3/p+1/b26-24-. The number of carbonyl (C=O) groups is 3. The van der Waals surface area contributed by atoms with Crippen LogP contribution in [0.4, 0.5) is 0 Å². The summed E-state index contributed by atoms with van der Waals surface area (Å²) in [4.78, 5) is 37.5. The van der Waals surface area contributed by atoms with Crippen molar-refractivity contribution in [3.8, 4) is 0 Å². The Bertz CT molecular complexity index is 1240. The van der Waals surface area contributed by atoms with E-state index in [0.29, 0.717) is 17.4 Å². The third-order valence-electron chi connectivity index (χ3n) is 15.0. The van der Waals surface area contributed by atoms with Crippen LogP contribution in [0.15, 0.2) is 12.2 Å². The number of ether oxygens (including phenoxy) is 4. The third-order valence-corrected chi connectivity index (χ3v) is 15.0. The molecule has 0 saturated heterocycles. The Morgan fingerprint density at radius 2 is 0.680 bits per heavy atom. The molecule has 0 amide bonds. The first-order valence-electron chi connectivity index (χ1n) is 32.9. The predicted octanol–water partition coefficient (Wildman–Crippen LogP) is 19.7. The maximum Gasteiger partial charge on any atom is 0.361 e. The van der Waals surface area contributed by atoms with E-state index in [1.165, 1.54) is 270 Å². The third kappa shape index (κ3) is 59.5. The number of allylic oxidation sites excluding steroid dienone is 2. The summed E-state index contributed by atoms with van der Waals surface area (Å²) in [5.74, 6) is -1.97. The van der Waals surface area contributed by atoms with Gasteiger partial charge in [-0.05, 0) is 38.5 Å². The van der Waals surface area contributed by atoms with Gasteiger partial charge < -0.3 is 28.5 Å². The lowest BCUT2D eigenvalue weighted by atomic mass is 10.0. The van der Waals surface area contributed by atoms with Gasteiger partial charge >= 0.3 is 17.9 Å². The number of carboxylic acids is 1. The van der Waals surface area contributed by atoms with E-state index in [0.717, 1.165) is 38.5 Å². The molecular weight excluding hydrogens is 935 g/mol. The molecule has 0 saturated carbocycles. The quantitative estimate of drug-likeness (QED) is 0.0211. The van der Waals surface area contributed by atoms with Crippen LogP contribution in [0.2, 0.25) is 0 Å². The normalized spacial score (nSPS) is 12.7. The van der Waals surface area contributed by atoms with Crippen molar-refractivity contribution in [1.29, 1.82) is 0 Å². The fourth-order valence-electron chi connectivity index (χ4n) is 9.95. The second kappa shape index (κ2) is 58.2. The number of hydrogen-bond donors (Lipinski definition) is 1. The summed E-state index contributed by atoms with van der Waals surface area (Å²) in [5, 5.41) is 9.72. The number of quaternary nitrogens is 1. The highest BCUT2D eigenvalue weighted by Gasteiger charge is 2.25. The van der Waals surface area contributed by atoms with Crippen LogP contribution in [0.25, 0.3) is 0 Å². The number of aliphatic carboxylic acids is 1. The van der Waals surface area contributed by atoms with E-state index >= 15 is 0 Å².